The zero-order chi connectivity index (χ0) is 19.2. The van der Waals surface area contributed by atoms with Crippen LogP contribution in [0.3, 0.4) is 0 Å². The first-order valence-corrected chi connectivity index (χ1v) is 8.40. The second-order valence-electron chi connectivity index (χ2n) is 5.82. The summed E-state index contributed by atoms with van der Waals surface area (Å²) >= 11 is 0. The van der Waals surface area contributed by atoms with Crippen LogP contribution in [0.1, 0.15) is 10.4 Å². The predicted molar refractivity (Wildman–Crippen MR) is 100 cm³/mol. The van der Waals surface area contributed by atoms with Crippen molar-refractivity contribution in [3.05, 3.63) is 66.6 Å². The Labute approximate surface area is 158 Å². The molecule has 0 aliphatic carbocycles. The van der Waals surface area contributed by atoms with Gasteiger partial charge in [-0.3, -0.25) is 4.79 Å². The highest BCUT2D eigenvalue weighted by Crippen LogP contribution is 2.40. The average molecular weight is 365 g/mol. The first-order valence-electron chi connectivity index (χ1n) is 8.40. The number of carbonyl (C=O) groups is 1. The molecule has 6 heteroatoms. The van der Waals surface area contributed by atoms with Gasteiger partial charge >= 0.3 is 0 Å². The molecule has 3 aromatic rings. The highest BCUT2D eigenvalue weighted by molar-refractivity contribution is 5.94. The lowest BCUT2D eigenvalue weighted by Crippen LogP contribution is -2.37. The molecule has 0 amide bonds. The van der Waals surface area contributed by atoms with E-state index in [4.69, 9.17) is 14.2 Å². The van der Waals surface area contributed by atoms with Crippen LogP contribution in [-0.4, -0.2) is 32.1 Å². The largest absolute Gasteiger partial charge is 0.493 e. The number of ether oxygens (including phenoxy) is 3. The topological polar surface area (TPSA) is 61.5 Å². The van der Waals surface area contributed by atoms with Crippen LogP contribution in [0.25, 0.3) is 11.3 Å². The molecule has 0 unspecified atom stereocenters. The Bertz CT molecular complexity index is 900. The van der Waals surface area contributed by atoms with Crippen LogP contribution >= 0.6 is 0 Å². The molecule has 0 aliphatic rings. The summed E-state index contributed by atoms with van der Waals surface area (Å²) in [5, 5.41) is 0. The van der Waals surface area contributed by atoms with Gasteiger partial charge in [-0.2, -0.15) is 0 Å². The normalized spacial score (nSPS) is 10.3. The Morgan fingerprint density at radius 1 is 0.963 bits per heavy atom. The first-order chi connectivity index (χ1) is 13.2. The average Bonchev–Trinajstić information content (AvgIpc) is 2.73. The van der Waals surface area contributed by atoms with Crippen LogP contribution in [0.5, 0.6) is 17.2 Å². The molecule has 0 aliphatic heterocycles. The summed E-state index contributed by atoms with van der Waals surface area (Å²) in [4.78, 5) is 16.8. The number of ketones is 1. The second-order valence-corrected chi connectivity index (χ2v) is 5.82. The van der Waals surface area contributed by atoms with Gasteiger partial charge in [-0.15, -0.1) is 0 Å². The summed E-state index contributed by atoms with van der Waals surface area (Å²) in [6.07, 6.45) is 3.46. The summed E-state index contributed by atoms with van der Waals surface area (Å²) in [6.45, 7) is 0.229. The Morgan fingerprint density at radius 2 is 1.63 bits per heavy atom. The third-order valence-corrected chi connectivity index (χ3v) is 4.15. The van der Waals surface area contributed by atoms with Crippen LogP contribution in [0, 0.1) is 0 Å². The van der Waals surface area contributed by atoms with Crippen LogP contribution in [0.4, 0.5) is 0 Å². The minimum absolute atomic E-state index is 0.0305. The van der Waals surface area contributed by atoms with Crippen molar-refractivity contribution in [3.8, 4) is 28.5 Å². The van der Waals surface area contributed by atoms with Gasteiger partial charge in [0.25, 0.3) is 6.33 Å². The summed E-state index contributed by atoms with van der Waals surface area (Å²) in [6, 6.07) is 14.7. The summed E-state index contributed by atoms with van der Waals surface area (Å²) in [5.74, 6) is 1.68. The van der Waals surface area contributed by atoms with Gasteiger partial charge in [-0.05, 0) is 17.1 Å². The van der Waals surface area contributed by atoms with E-state index >= 15 is 0 Å². The zero-order valence-corrected chi connectivity index (χ0v) is 15.5. The van der Waals surface area contributed by atoms with Gasteiger partial charge in [0, 0.05) is 17.2 Å². The Balaban J connectivity index is 1.84. The maximum Gasteiger partial charge on any atom is 0.287 e. The highest BCUT2D eigenvalue weighted by atomic mass is 16.5. The van der Waals surface area contributed by atoms with E-state index in [2.05, 4.69) is 4.98 Å². The van der Waals surface area contributed by atoms with Gasteiger partial charge in [-0.25, -0.2) is 4.57 Å². The van der Waals surface area contributed by atoms with E-state index in [0.29, 0.717) is 22.8 Å². The number of carbonyl (C=O) groups excluding carboxylic acids is 1. The van der Waals surface area contributed by atoms with E-state index < -0.39 is 0 Å². The summed E-state index contributed by atoms with van der Waals surface area (Å²) in [7, 11) is 4.71. The van der Waals surface area contributed by atoms with Gasteiger partial charge in [0.1, 0.15) is 0 Å². The molecule has 138 valence electrons. The number of methoxy groups -OCH3 is 3. The molecule has 0 radical (unpaired) electrons. The molecule has 6 nitrogen and oxygen atoms in total. The molecular weight excluding hydrogens is 344 g/mol. The van der Waals surface area contributed by atoms with E-state index in [-0.39, 0.29) is 12.3 Å². The molecule has 27 heavy (non-hydrogen) atoms. The second kappa shape index (κ2) is 8.31. The smallest absolute Gasteiger partial charge is 0.287 e. The Kier molecular flexibility index (Phi) is 5.66. The van der Waals surface area contributed by atoms with E-state index in [1.54, 1.807) is 44.4 Å². The van der Waals surface area contributed by atoms with Crippen LogP contribution in [0.2, 0.25) is 0 Å². The van der Waals surface area contributed by atoms with Gasteiger partial charge in [0.05, 0.1) is 27.5 Å². The molecule has 0 N–H and O–H groups in total. The number of hydrogen-bond donors (Lipinski definition) is 0. The fourth-order valence-corrected chi connectivity index (χ4v) is 2.76. The number of rotatable bonds is 7. The van der Waals surface area contributed by atoms with Crippen molar-refractivity contribution in [2.24, 2.45) is 0 Å². The summed E-state index contributed by atoms with van der Waals surface area (Å²) in [5.41, 5.74) is 2.24. The van der Waals surface area contributed by atoms with Crippen LogP contribution in [-0.2, 0) is 6.54 Å². The zero-order valence-electron chi connectivity index (χ0n) is 15.5. The van der Waals surface area contributed by atoms with Gasteiger partial charge in [-0.1, -0.05) is 30.3 Å². The Hall–Kier alpha value is -3.41. The lowest BCUT2D eigenvalue weighted by atomic mass is 10.1. The predicted octanol–water partition coefficient (Wildman–Crippen LogP) is 2.94. The molecule has 1 aromatic heterocycles. The standard InChI is InChI=1S/C21H21N2O4/c1-25-19-11-16(12-20(26-2)21(19)27-3)17-9-10-23(14-22-17)13-18(24)15-7-5-4-6-8-15/h4-12,14H,13H2,1-3H3/q+1. The highest BCUT2D eigenvalue weighted by Gasteiger charge is 2.17. The number of nitrogens with zero attached hydrogens (tertiary/aromatic N) is 2. The number of benzene rings is 2. The molecule has 0 bridgehead atoms. The molecular formula is C21H21N2O4+. The number of aromatic nitrogens is 2. The van der Waals surface area contributed by atoms with Crippen LogP contribution in [0.15, 0.2) is 61.1 Å². The maximum atomic E-state index is 12.3. The molecule has 0 atom stereocenters. The third kappa shape index (κ3) is 4.06. The van der Waals surface area contributed by atoms with Crippen molar-refractivity contribution in [3.63, 3.8) is 0 Å². The van der Waals surface area contributed by atoms with E-state index in [1.165, 1.54) is 0 Å². The van der Waals surface area contributed by atoms with Crippen LogP contribution < -0.4 is 18.8 Å². The molecule has 3 rings (SSSR count). The SMILES string of the molecule is COc1cc(-c2cc[n+](CC(=O)c3ccccc3)cn2)cc(OC)c1OC. The van der Waals surface area contributed by atoms with Gasteiger partial charge in [0.2, 0.25) is 11.5 Å². The van der Waals surface area contributed by atoms with E-state index in [1.807, 2.05) is 42.6 Å². The van der Waals surface area contributed by atoms with Gasteiger partial charge in [0.15, 0.2) is 23.7 Å². The maximum absolute atomic E-state index is 12.3. The lowest BCUT2D eigenvalue weighted by molar-refractivity contribution is -0.686. The Morgan fingerprint density at radius 3 is 2.15 bits per heavy atom. The quantitative estimate of drug-likeness (QED) is 0.476. The minimum atomic E-state index is 0.0305. The molecule has 0 spiro atoms. The number of hydrogen-bond acceptors (Lipinski definition) is 5. The molecule has 0 saturated carbocycles. The lowest BCUT2D eigenvalue weighted by Gasteiger charge is -2.13. The van der Waals surface area contributed by atoms with Crippen molar-refractivity contribution in [1.82, 2.24) is 4.98 Å². The summed E-state index contributed by atoms with van der Waals surface area (Å²) < 4.78 is 17.9. The third-order valence-electron chi connectivity index (χ3n) is 4.15. The van der Waals surface area contributed by atoms with Crippen molar-refractivity contribution < 1.29 is 23.6 Å². The van der Waals surface area contributed by atoms with Gasteiger partial charge < -0.3 is 14.2 Å². The fraction of sp³-hybridized carbons (Fsp3) is 0.190. The number of Topliss-reactive ketones (excluding diaryl/α,β-unsaturated/α-hetero) is 1. The molecule has 0 fully saturated rings. The first kappa shape index (κ1) is 18.4. The van der Waals surface area contributed by atoms with E-state index in [9.17, 15) is 4.79 Å². The molecule has 1 heterocycles. The van der Waals surface area contributed by atoms with Crippen molar-refractivity contribution in [2.75, 3.05) is 21.3 Å². The van der Waals surface area contributed by atoms with Crippen molar-refractivity contribution >= 4 is 5.78 Å². The van der Waals surface area contributed by atoms with Crippen molar-refractivity contribution in [1.29, 1.82) is 0 Å². The molecule has 2 aromatic carbocycles. The van der Waals surface area contributed by atoms with E-state index in [0.717, 1.165) is 11.3 Å². The monoisotopic (exact) mass is 365 g/mol. The molecule has 0 saturated heterocycles. The minimum Gasteiger partial charge on any atom is -0.493 e. The van der Waals surface area contributed by atoms with Crippen molar-refractivity contribution in [2.45, 2.75) is 6.54 Å². The fourth-order valence-electron chi connectivity index (χ4n) is 2.76.